The van der Waals surface area contributed by atoms with Gasteiger partial charge in [-0.1, -0.05) is 58.4 Å². The second-order valence-electron chi connectivity index (χ2n) is 5.66. The Balaban J connectivity index is 0.00000102. The molecule has 1 aromatic carbocycles. The molecule has 0 saturated carbocycles. The van der Waals surface area contributed by atoms with Crippen molar-refractivity contribution < 1.29 is 4.79 Å². The zero-order chi connectivity index (χ0) is 17.2. The van der Waals surface area contributed by atoms with E-state index in [0.717, 1.165) is 31.0 Å². The van der Waals surface area contributed by atoms with E-state index in [2.05, 4.69) is 13.0 Å². The second kappa shape index (κ2) is 10.7. The number of halogens is 1. The summed E-state index contributed by atoms with van der Waals surface area (Å²) >= 11 is 6.02. The lowest BCUT2D eigenvalue weighted by Crippen LogP contribution is -2.44. The third-order valence-electron chi connectivity index (χ3n) is 3.75. The molecule has 1 heterocycles. The zero-order valence-electron chi connectivity index (χ0n) is 15.1. The number of carbonyl (C=O) groups excluding carboxylic acids is 1. The first-order chi connectivity index (χ1) is 10.5. The van der Waals surface area contributed by atoms with Crippen molar-refractivity contribution in [3.63, 3.8) is 0 Å². The quantitative estimate of drug-likeness (QED) is 0.694. The summed E-state index contributed by atoms with van der Waals surface area (Å²) < 4.78 is 0. The monoisotopic (exact) mass is 325 g/mol. The molecular weight excluding hydrogens is 294 g/mol. The van der Waals surface area contributed by atoms with E-state index in [1.54, 1.807) is 6.92 Å². The number of hydrogen-bond donors (Lipinski definition) is 0. The van der Waals surface area contributed by atoms with E-state index in [4.69, 9.17) is 11.6 Å². The molecular formula is C19H32ClNO. The Morgan fingerprint density at radius 1 is 1.27 bits per heavy atom. The summed E-state index contributed by atoms with van der Waals surface area (Å²) in [5.74, 6) is 0.187. The fraction of sp³-hybridized carbons (Fsp3) is 0.632. The van der Waals surface area contributed by atoms with Crippen LogP contribution in [0.1, 0.15) is 59.9 Å². The Morgan fingerprint density at radius 3 is 2.45 bits per heavy atom. The number of benzene rings is 1. The van der Waals surface area contributed by atoms with Crippen LogP contribution in [0.25, 0.3) is 0 Å². The first-order valence-electron chi connectivity index (χ1n) is 8.48. The lowest BCUT2D eigenvalue weighted by Gasteiger charge is -2.40. The number of carbonyl (C=O) groups is 1. The highest BCUT2D eigenvalue weighted by Crippen LogP contribution is 2.33. The summed E-state index contributed by atoms with van der Waals surface area (Å²) in [4.78, 5) is 13.5. The maximum Gasteiger partial charge on any atom is 0.219 e. The van der Waals surface area contributed by atoms with Gasteiger partial charge in [-0.25, -0.2) is 0 Å². The predicted octanol–water partition coefficient (Wildman–Crippen LogP) is 5.58. The summed E-state index contributed by atoms with van der Waals surface area (Å²) in [7, 11) is 0. The van der Waals surface area contributed by atoms with Crippen molar-refractivity contribution in [2.75, 3.05) is 13.1 Å². The van der Waals surface area contributed by atoms with Crippen molar-refractivity contribution in [1.29, 1.82) is 0 Å². The highest BCUT2D eigenvalue weighted by Gasteiger charge is 2.32. The largest absolute Gasteiger partial charge is 0.342 e. The highest BCUT2D eigenvalue weighted by molar-refractivity contribution is 6.30. The molecule has 126 valence electrons. The molecule has 1 saturated heterocycles. The fourth-order valence-corrected chi connectivity index (χ4v) is 3.08. The van der Waals surface area contributed by atoms with Gasteiger partial charge in [-0.05, 0) is 42.4 Å². The lowest BCUT2D eigenvalue weighted by molar-refractivity contribution is -0.132. The molecule has 2 rings (SSSR count). The minimum Gasteiger partial charge on any atom is -0.342 e. The van der Waals surface area contributed by atoms with Crippen LogP contribution in [0.3, 0.4) is 0 Å². The van der Waals surface area contributed by atoms with E-state index in [1.165, 1.54) is 12.0 Å². The Morgan fingerprint density at radius 2 is 1.91 bits per heavy atom. The van der Waals surface area contributed by atoms with Gasteiger partial charge >= 0.3 is 0 Å². The molecule has 1 aliphatic rings. The molecule has 0 aromatic heterocycles. The number of nitrogens with zero attached hydrogens (tertiary/aromatic N) is 1. The van der Waals surface area contributed by atoms with Crippen LogP contribution >= 0.6 is 11.6 Å². The molecule has 1 fully saturated rings. The van der Waals surface area contributed by atoms with E-state index >= 15 is 0 Å². The zero-order valence-corrected chi connectivity index (χ0v) is 15.8. The van der Waals surface area contributed by atoms with Crippen LogP contribution in [-0.4, -0.2) is 23.9 Å². The Kier molecular flexibility index (Phi) is 10.2. The predicted molar refractivity (Wildman–Crippen MR) is 97.4 cm³/mol. The first-order valence-corrected chi connectivity index (χ1v) is 8.86. The third-order valence-corrected chi connectivity index (χ3v) is 3.98. The normalized spacial score (nSPS) is 20.2. The summed E-state index contributed by atoms with van der Waals surface area (Å²) in [6.45, 7) is 13.7. The second-order valence-corrected chi connectivity index (χ2v) is 6.10. The van der Waals surface area contributed by atoms with Crippen LogP contribution in [0.4, 0.5) is 0 Å². The minimum absolute atomic E-state index is 0.175. The molecule has 1 unspecified atom stereocenters. The smallest absolute Gasteiger partial charge is 0.219 e. The van der Waals surface area contributed by atoms with Gasteiger partial charge in [0.25, 0.3) is 0 Å². The van der Waals surface area contributed by atoms with Crippen LogP contribution in [0.2, 0.25) is 5.02 Å². The van der Waals surface area contributed by atoms with Crippen molar-refractivity contribution in [3.8, 4) is 0 Å². The van der Waals surface area contributed by atoms with Crippen molar-refractivity contribution in [2.24, 2.45) is 5.41 Å². The van der Waals surface area contributed by atoms with Crippen molar-refractivity contribution in [3.05, 3.63) is 34.9 Å². The molecule has 2 nitrogen and oxygen atoms in total. The van der Waals surface area contributed by atoms with Gasteiger partial charge in [0, 0.05) is 25.0 Å². The Hall–Kier alpha value is -1.02. The number of likely N-dealkylation sites (tertiary alicyclic amines) is 1. The first kappa shape index (κ1) is 21.0. The average molecular weight is 326 g/mol. The number of rotatable bonds is 2. The van der Waals surface area contributed by atoms with E-state index in [1.807, 2.05) is 50.8 Å². The van der Waals surface area contributed by atoms with Crippen LogP contribution in [-0.2, 0) is 11.2 Å². The summed E-state index contributed by atoms with van der Waals surface area (Å²) in [5, 5.41) is 0.787. The summed E-state index contributed by atoms with van der Waals surface area (Å²) in [5.41, 5.74) is 1.43. The van der Waals surface area contributed by atoms with Gasteiger partial charge in [0.15, 0.2) is 0 Å². The number of amides is 1. The molecule has 0 aliphatic carbocycles. The average Bonchev–Trinajstić information content (AvgIpc) is 2.51. The van der Waals surface area contributed by atoms with Crippen molar-refractivity contribution >= 4 is 17.5 Å². The van der Waals surface area contributed by atoms with Gasteiger partial charge in [0.1, 0.15) is 0 Å². The molecule has 0 radical (unpaired) electrons. The fourth-order valence-electron chi connectivity index (χ4n) is 2.87. The van der Waals surface area contributed by atoms with Gasteiger partial charge in [-0.3, -0.25) is 4.79 Å². The van der Waals surface area contributed by atoms with Crippen LogP contribution in [0.15, 0.2) is 24.3 Å². The van der Waals surface area contributed by atoms with Crippen molar-refractivity contribution in [1.82, 2.24) is 4.90 Å². The van der Waals surface area contributed by atoms with E-state index < -0.39 is 0 Å². The van der Waals surface area contributed by atoms with Gasteiger partial charge < -0.3 is 4.90 Å². The summed E-state index contributed by atoms with van der Waals surface area (Å²) in [6.07, 6.45) is 3.25. The van der Waals surface area contributed by atoms with E-state index in [-0.39, 0.29) is 11.3 Å². The molecule has 3 heteroatoms. The van der Waals surface area contributed by atoms with E-state index in [9.17, 15) is 4.79 Å². The lowest BCUT2D eigenvalue weighted by atomic mass is 9.77. The highest BCUT2D eigenvalue weighted by atomic mass is 35.5. The molecule has 1 amide bonds. The molecule has 0 spiro atoms. The maximum absolute atomic E-state index is 11.5. The standard InChI is InChI=1S/C15H20ClNO.2C2H6/c1-12(18)17-8-4-7-15(2,11-17)10-13-5-3-6-14(16)9-13;2*1-2/h3,5-6,9H,4,7-8,10-11H2,1-2H3;2*1-2H3. The molecule has 0 N–H and O–H groups in total. The Labute approximate surface area is 141 Å². The van der Waals surface area contributed by atoms with Crippen LogP contribution in [0, 0.1) is 5.41 Å². The molecule has 1 aromatic rings. The maximum atomic E-state index is 11.5. The molecule has 22 heavy (non-hydrogen) atoms. The molecule has 0 bridgehead atoms. The summed E-state index contributed by atoms with van der Waals surface area (Å²) in [6, 6.07) is 8.03. The molecule has 1 aliphatic heterocycles. The van der Waals surface area contributed by atoms with E-state index in [0.29, 0.717) is 0 Å². The van der Waals surface area contributed by atoms with Crippen LogP contribution in [0.5, 0.6) is 0 Å². The van der Waals surface area contributed by atoms with Crippen molar-refractivity contribution in [2.45, 2.75) is 60.8 Å². The van der Waals surface area contributed by atoms with Gasteiger partial charge in [-0.2, -0.15) is 0 Å². The van der Waals surface area contributed by atoms with Gasteiger partial charge in [0.2, 0.25) is 5.91 Å². The SMILES string of the molecule is CC.CC.CC(=O)N1CCCC(C)(Cc2cccc(Cl)c2)C1. The van der Waals surface area contributed by atoms with Gasteiger partial charge in [0.05, 0.1) is 0 Å². The molecule has 1 atom stereocenters. The topological polar surface area (TPSA) is 20.3 Å². The van der Waals surface area contributed by atoms with Gasteiger partial charge in [-0.15, -0.1) is 0 Å². The van der Waals surface area contributed by atoms with Crippen LogP contribution < -0.4 is 0 Å². The minimum atomic E-state index is 0.175. The number of piperidine rings is 1. The number of hydrogen-bond acceptors (Lipinski definition) is 1. The third kappa shape index (κ3) is 6.83. The Bertz CT molecular complexity index is 447.